The van der Waals surface area contributed by atoms with Gasteiger partial charge >= 0.3 is 0 Å². The fraction of sp³-hybridized carbons (Fsp3) is 0.545. The SMILES string of the molecule is CCC1(NC(=O)c2cnn3c2NC(c2ccccc2)CC3(C)C)CCS(=O)(=O)CC1. The molecule has 162 valence electrons. The van der Waals surface area contributed by atoms with Crippen LogP contribution in [-0.2, 0) is 15.4 Å². The molecule has 0 bridgehead atoms. The molecule has 1 amide bonds. The fourth-order valence-corrected chi connectivity index (χ4v) is 6.21. The van der Waals surface area contributed by atoms with Crippen LogP contribution in [-0.4, -0.2) is 41.2 Å². The summed E-state index contributed by atoms with van der Waals surface area (Å²) in [5, 5.41) is 11.2. The van der Waals surface area contributed by atoms with E-state index >= 15 is 0 Å². The molecule has 1 atom stereocenters. The Morgan fingerprint density at radius 1 is 1.23 bits per heavy atom. The molecule has 1 saturated heterocycles. The summed E-state index contributed by atoms with van der Waals surface area (Å²) in [4.78, 5) is 13.3. The van der Waals surface area contributed by atoms with Crippen molar-refractivity contribution >= 4 is 21.6 Å². The molecule has 1 fully saturated rings. The first kappa shape index (κ1) is 20.9. The number of carbonyl (C=O) groups excluding carboxylic acids is 1. The molecule has 4 rings (SSSR count). The van der Waals surface area contributed by atoms with Gasteiger partial charge in [0, 0.05) is 5.54 Å². The first-order valence-electron chi connectivity index (χ1n) is 10.6. The molecule has 7 nitrogen and oxygen atoms in total. The van der Waals surface area contributed by atoms with Crippen LogP contribution >= 0.6 is 0 Å². The molecular formula is C22H30N4O3S. The lowest BCUT2D eigenvalue weighted by atomic mass is 9.88. The standard InChI is InChI=1S/C22H30N4O3S/c1-4-22(10-12-30(28,29)13-11-22)25-20(27)17-15-23-26-19(17)24-18(14-21(26,2)3)16-8-6-5-7-9-16/h5-9,15,18,24H,4,10-14H2,1-3H3,(H,25,27). The molecule has 0 spiro atoms. The van der Waals surface area contributed by atoms with E-state index in [2.05, 4.69) is 41.7 Å². The molecule has 3 heterocycles. The van der Waals surface area contributed by atoms with Crippen molar-refractivity contribution < 1.29 is 13.2 Å². The Kier molecular flexibility index (Phi) is 5.16. The number of hydrogen-bond acceptors (Lipinski definition) is 5. The number of nitrogens with zero attached hydrogens (tertiary/aromatic N) is 2. The van der Waals surface area contributed by atoms with E-state index in [1.54, 1.807) is 6.20 Å². The Morgan fingerprint density at radius 3 is 2.53 bits per heavy atom. The zero-order valence-corrected chi connectivity index (χ0v) is 18.6. The number of sulfone groups is 1. The number of nitrogens with one attached hydrogen (secondary N) is 2. The van der Waals surface area contributed by atoms with Crippen molar-refractivity contribution in [2.45, 2.75) is 63.6 Å². The van der Waals surface area contributed by atoms with Gasteiger partial charge in [0.25, 0.3) is 5.91 Å². The van der Waals surface area contributed by atoms with Crippen LogP contribution in [0.15, 0.2) is 36.5 Å². The van der Waals surface area contributed by atoms with Crippen molar-refractivity contribution in [2.75, 3.05) is 16.8 Å². The van der Waals surface area contributed by atoms with Crippen LogP contribution in [0.4, 0.5) is 5.82 Å². The first-order chi connectivity index (χ1) is 14.1. The summed E-state index contributed by atoms with van der Waals surface area (Å²) in [5.74, 6) is 0.755. The van der Waals surface area contributed by atoms with Crippen LogP contribution in [0.1, 0.15) is 68.4 Å². The van der Waals surface area contributed by atoms with Crippen LogP contribution in [0.25, 0.3) is 0 Å². The van der Waals surface area contributed by atoms with Crippen LogP contribution in [0, 0.1) is 0 Å². The van der Waals surface area contributed by atoms with Crippen molar-refractivity contribution in [3.8, 4) is 0 Å². The van der Waals surface area contributed by atoms with Gasteiger partial charge in [0.1, 0.15) is 21.2 Å². The van der Waals surface area contributed by atoms with E-state index in [4.69, 9.17) is 0 Å². The number of carbonyl (C=O) groups is 1. The Hall–Kier alpha value is -2.35. The smallest absolute Gasteiger partial charge is 0.257 e. The first-order valence-corrected chi connectivity index (χ1v) is 12.4. The third-order valence-corrected chi connectivity index (χ3v) is 8.29. The molecule has 30 heavy (non-hydrogen) atoms. The van der Waals surface area contributed by atoms with Crippen LogP contribution in [0.2, 0.25) is 0 Å². The van der Waals surface area contributed by atoms with Gasteiger partial charge < -0.3 is 10.6 Å². The lowest BCUT2D eigenvalue weighted by Crippen LogP contribution is -2.52. The molecular weight excluding hydrogens is 400 g/mol. The maximum Gasteiger partial charge on any atom is 0.257 e. The highest BCUT2D eigenvalue weighted by molar-refractivity contribution is 7.91. The highest BCUT2D eigenvalue weighted by Gasteiger charge is 2.40. The molecule has 0 saturated carbocycles. The summed E-state index contributed by atoms with van der Waals surface area (Å²) < 4.78 is 25.6. The Labute approximate surface area is 178 Å². The molecule has 1 unspecified atom stereocenters. The number of amides is 1. The van der Waals surface area contributed by atoms with Crippen molar-refractivity contribution in [1.29, 1.82) is 0 Å². The second kappa shape index (κ2) is 7.41. The van der Waals surface area contributed by atoms with Crippen LogP contribution in [0.3, 0.4) is 0 Å². The van der Waals surface area contributed by atoms with Crippen molar-refractivity contribution in [3.63, 3.8) is 0 Å². The van der Waals surface area contributed by atoms with Gasteiger partial charge in [-0.25, -0.2) is 13.1 Å². The average Bonchev–Trinajstić information content (AvgIpc) is 3.15. The van der Waals surface area contributed by atoms with Gasteiger partial charge in [-0.15, -0.1) is 0 Å². The summed E-state index contributed by atoms with van der Waals surface area (Å²) in [6.45, 7) is 6.25. The molecule has 2 aromatic rings. The lowest BCUT2D eigenvalue weighted by molar-refractivity contribution is 0.0887. The summed E-state index contributed by atoms with van der Waals surface area (Å²) in [6.07, 6.45) is 4.07. The van der Waals surface area contributed by atoms with Gasteiger partial charge in [-0.05, 0) is 45.1 Å². The minimum absolute atomic E-state index is 0.0805. The van der Waals surface area contributed by atoms with E-state index < -0.39 is 15.4 Å². The summed E-state index contributed by atoms with van der Waals surface area (Å²) in [7, 11) is -3.00. The van der Waals surface area contributed by atoms with Gasteiger partial charge in [-0.2, -0.15) is 5.10 Å². The number of anilines is 1. The third kappa shape index (κ3) is 3.85. The largest absolute Gasteiger partial charge is 0.363 e. The Bertz CT molecular complexity index is 1030. The monoisotopic (exact) mass is 430 g/mol. The number of benzene rings is 1. The highest BCUT2D eigenvalue weighted by atomic mass is 32.2. The summed E-state index contributed by atoms with van der Waals surface area (Å²) >= 11 is 0. The van der Waals surface area contributed by atoms with E-state index in [0.717, 1.165) is 6.42 Å². The zero-order valence-electron chi connectivity index (χ0n) is 17.8. The predicted octanol–water partition coefficient (Wildman–Crippen LogP) is 3.26. The van der Waals surface area contributed by atoms with Crippen molar-refractivity contribution in [2.24, 2.45) is 0 Å². The second-order valence-electron chi connectivity index (χ2n) is 9.18. The summed E-state index contributed by atoms with van der Waals surface area (Å²) in [6, 6.07) is 10.3. The van der Waals surface area contributed by atoms with Crippen LogP contribution < -0.4 is 10.6 Å². The Balaban J connectivity index is 1.61. The van der Waals surface area contributed by atoms with Gasteiger partial charge in [0.2, 0.25) is 0 Å². The number of hydrogen-bond donors (Lipinski definition) is 2. The van der Waals surface area contributed by atoms with Gasteiger partial charge in [0.05, 0.1) is 29.3 Å². The van der Waals surface area contributed by atoms with E-state index in [0.29, 0.717) is 30.6 Å². The topological polar surface area (TPSA) is 93.1 Å². The minimum atomic E-state index is -3.00. The van der Waals surface area contributed by atoms with E-state index in [9.17, 15) is 13.2 Å². The van der Waals surface area contributed by atoms with Crippen LogP contribution in [0.5, 0.6) is 0 Å². The number of rotatable bonds is 4. The predicted molar refractivity (Wildman–Crippen MR) is 117 cm³/mol. The maximum absolute atomic E-state index is 13.3. The van der Waals surface area contributed by atoms with Gasteiger partial charge in [-0.3, -0.25) is 4.79 Å². The van der Waals surface area contributed by atoms with Gasteiger partial charge in [-0.1, -0.05) is 37.3 Å². The normalized spacial score (nSPS) is 23.8. The molecule has 2 N–H and O–H groups in total. The van der Waals surface area contributed by atoms with Crippen molar-refractivity contribution in [1.82, 2.24) is 15.1 Å². The van der Waals surface area contributed by atoms with Crippen molar-refractivity contribution in [3.05, 3.63) is 47.7 Å². The summed E-state index contributed by atoms with van der Waals surface area (Å²) in [5.41, 5.74) is 0.943. The molecule has 8 heteroatoms. The minimum Gasteiger partial charge on any atom is -0.363 e. The molecule has 1 aromatic carbocycles. The molecule has 1 aromatic heterocycles. The molecule has 2 aliphatic rings. The van der Waals surface area contributed by atoms with E-state index in [-0.39, 0.29) is 29.0 Å². The number of fused-ring (bicyclic) bond motifs is 1. The number of aromatic nitrogens is 2. The quantitative estimate of drug-likeness (QED) is 0.777. The van der Waals surface area contributed by atoms with E-state index in [1.807, 2.05) is 29.8 Å². The Morgan fingerprint density at radius 2 is 1.90 bits per heavy atom. The van der Waals surface area contributed by atoms with Gasteiger partial charge in [0.15, 0.2) is 0 Å². The molecule has 0 radical (unpaired) electrons. The van der Waals surface area contributed by atoms with E-state index in [1.165, 1.54) is 5.56 Å². The fourth-order valence-electron chi connectivity index (χ4n) is 4.60. The lowest BCUT2D eigenvalue weighted by Gasteiger charge is -2.39. The second-order valence-corrected chi connectivity index (χ2v) is 11.5. The average molecular weight is 431 g/mol. The molecule has 0 aliphatic carbocycles. The maximum atomic E-state index is 13.3. The zero-order chi connectivity index (χ0) is 21.6. The third-order valence-electron chi connectivity index (χ3n) is 6.64. The molecule has 2 aliphatic heterocycles. The highest BCUT2D eigenvalue weighted by Crippen LogP contribution is 2.40.